The van der Waals surface area contributed by atoms with E-state index in [1.165, 1.54) is 13.0 Å². The SMILES string of the molecule is C=C1C(=O)OC2/C=C(/C)CC/C=C(/C(=O)OC)C(OC(=O)C(C)CC)C(OC(=O)C(C)(O)C(C)OC(C)=O)C12. The lowest BCUT2D eigenvalue weighted by molar-refractivity contribution is -0.197. The topological polar surface area (TPSA) is 152 Å². The van der Waals surface area contributed by atoms with E-state index in [0.29, 0.717) is 19.3 Å². The molecule has 2 rings (SSSR count). The van der Waals surface area contributed by atoms with E-state index < -0.39 is 71.7 Å². The molecule has 0 spiro atoms. The molecule has 216 valence electrons. The van der Waals surface area contributed by atoms with Crippen LogP contribution in [0.5, 0.6) is 0 Å². The number of ether oxygens (including phenoxy) is 5. The van der Waals surface area contributed by atoms with Crippen molar-refractivity contribution in [2.24, 2.45) is 11.8 Å². The van der Waals surface area contributed by atoms with Crippen LogP contribution in [-0.4, -0.2) is 72.1 Å². The van der Waals surface area contributed by atoms with Gasteiger partial charge < -0.3 is 28.8 Å². The van der Waals surface area contributed by atoms with E-state index in [-0.39, 0.29) is 11.1 Å². The van der Waals surface area contributed by atoms with Crippen LogP contribution in [-0.2, 0) is 47.7 Å². The normalized spacial score (nSPS) is 29.0. The van der Waals surface area contributed by atoms with Gasteiger partial charge in [0.15, 0.2) is 17.8 Å². The molecule has 1 heterocycles. The van der Waals surface area contributed by atoms with Gasteiger partial charge in [-0.2, -0.15) is 0 Å². The Morgan fingerprint density at radius 1 is 1.23 bits per heavy atom. The maximum Gasteiger partial charge on any atom is 0.342 e. The van der Waals surface area contributed by atoms with Gasteiger partial charge in [0.2, 0.25) is 0 Å². The van der Waals surface area contributed by atoms with Crippen LogP contribution in [0.1, 0.15) is 60.8 Å². The fourth-order valence-electron chi connectivity index (χ4n) is 4.19. The average molecular weight is 551 g/mol. The molecule has 7 atom stereocenters. The standard InChI is InChI=1S/C28H38O11/c1-9-15(3)24(30)38-22-19(26(32)35-8)12-10-11-14(2)13-20-21(16(4)25(31)37-20)23(22)39-27(33)28(7,34)17(5)36-18(6)29/h12-13,15,17,20-23,34H,4,9-11H2,1-3,5-8H3/b14-13-,19-12+. The molecule has 1 aliphatic carbocycles. The molecule has 1 N–H and O–H groups in total. The number of esters is 5. The number of methoxy groups -OCH3 is 1. The highest BCUT2D eigenvalue weighted by molar-refractivity contribution is 5.93. The van der Waals surface area contributed by atoms with Crippen molar-refractivity contribution in [1.82, 2.24) is 0 Å². The Bertz CT molecular complexity index is 1070. The Balaban J connectivity index is 2.74. The second-order valence-corrected chi connectivity index (χ2v) is 10.1. The molecule has 1 saturated heterocycles. The van der Waals surface area contributed by atoms with Crippen molar-refractivity contribution >= 4 is 29.8 Å². The van der Waals surface area contributed by atoms with Crippen molar-refractivity contribution in [3.8, 4) is 0 Å². The van der Waals surface area contributed by atoms with Crippen LogP contribution in [0.4, 0.5) is 0 Å². The quantitative estimate of drug-likeness (QED) is 0.205. The zero-order valence-electron chi connectivity index (χ0n) is 23.5. The van der Waals surface area contributed by atoms with Gasteiger partial charge in [-0.25, -0.2) is 14.4 Å². The van der Waals surface area contributed by atoms with Crippen molar-refractivity contribution in [3.63, 3.8) is 0 Å². The number of aliphatic hydroxyl groups is 1. The monoisotopic (exact) mass is 550 g/mol. The molecule has 1 aliphatic heterocycles. The average Bonchev–Trinajstić information content (AvgIpc) is 3.14. The van der Waals surface area contributed by atoms with Crippen LogP contribution in [0.2, 0.25) is 0 Å². The van der Waals surface area contributed by atoms with Gasteiger partial charge in [-0.1, -0.05) is 32.1 Å². The van der Waals surface area contributed by atoms with Gasteiger partial charge in [0.05, 0.1) is 24.5 Å². The van der Waals surface area contributed by atoms with Gasteiger partial charge in [-0.05, 0) is 46.1 Å². The van der Waals surface area contributed by atoms with Crippen LogP contribution >= 0.6 is 0 Å². The number of carbonyl (C=O) groups is 5. The molecule has 1 fully saturated rings. The summed E-state index contributed by atoms with van der Waals surface area (Å²) in [5.74, 6) is -5.96. The summed E-state index contributed by atoms with van der Waals surface area (Å²) in [6, 6.07) is 0. The van der Waals surface area contributed by atoms with Crippen LogP contribution in [0, 0.1) is 11.8 Å². The van der Waals surface area contributed by atoms with E-state index in [2.05, 4.69) is 6.58 Å². The minimum Gasteiger partial charge on any atom is -0.466 e. The van der Waals surface area contributed by atoms with E-state index in [4.69, 9.17) is 23.7 Å². The molecule has 11 nitrogen and oxygen atoms in total. The van der Waals surface area contributed by atoms with Crippen LogP contribution in [0.25, 0.3) is 0 Å². The van der Waals surface area contributed by atoms with E-state index in [1.54, 1.807) is 19.9 Å². The second kappa shape index (κ2) is 13.1. The van der Waals surface area contributed by atoms with E-state index in [1.807, 2.05) is 6.92 Å². The van der Waals surface area contributed by atoms with Crippen LogP contribution < -0.4 is 0 Å². The summed E-state index contributed by atoms with van der Waals surface area (Å²) >= 11 is 0. The van der Waals surface area contributed by atoms with Gasteiger partial charge in [0.25, 0.3) is 0 Å². The van der Waals surface area contributed by atoms with Gasteiger partial charge in [0, 0.05) is 12.5 Å². The summed E-state index contributed by atoms with van der Waals surface area (Å²) in [6.45, 7) is 12.5. The van der Waals surface area contributed by atoms with Gasteiger partial charge in [-0.3, -0.25) is 9.59 Å². The number of allylic oxidation sites excluding steroid dienone is 2. The van der Waals surface area contributed by atoms with Crippen molar-refractivity contribution in [3.05, 3.63) is 35.5 Å². The molecule has 0 radical (unpaired) electrons. The number of hydrogen-bond donors (Lipinski definition) is 1. The Morgan fingerprint density at radius 2 is 1.87 bits per heavy atom. The minimum atomic E-state index is -2.35. The van der Waals surface area contributed by atoms with Gasteiger partial charge >= 0.3 is 29.8 Å². The maximum atomic E-state index is 13.4. The highest BCUT2D eigenvalue weighted by atomic mass is 16.6. The number of carbonyl (C=O) groups excluding carboxylic acids is 5. The third kappa shape index (κ3) is 7.35. The summed E-state index contributed by atoms with van der Waals surface area (Å²) in [4.78, 5) is 63.5. The first kappa shape index (κ1) is 31.7. The molecule has 11 heteroatoms. The van der Waals surface area contributed by atoms with Crippen molar-refractivity contribution in [2.45, 2.75) is 90.8 Å². The second-order valence-electron chi connectivity index (χ2n) is 10.1. The third-order valence-electron chi connectivity index (χ3n) is 7.04. The Morgan fingerprint density at radius 3 is 2.44 bits per heavy atom. The van der Waals surface area contributed by atoms with Gasteiger partial charge in [-0.15, -0.1) is 0 Å². The van der Waals surface area contributed by atoms with Crippen molar-refractivity contribution in [1.29, 1.82) is 0 Å². The summed E-state index contributed by atoms with van der Waals surface area (Å²) in [5, 5.41) is 11.0. The highest BCUT2D eigenvalue weighted by Crippen LogP contribution is 2.38. The lowest BCUT2D eigenvalue weighted by atomic mass is 9.83. The maximum absolute atomic E-state index is 13.4. The molecule has 0 amide bonds. The predicted molar refractivity (Wildman–Crippen MR) is 137 cm³/mol. The molecule has 0 bridgehead atoms. The Hall–Kier alpha value is -3.47. The molecule has 39 heavy (non-hydrogen) atoms. The minimum absolute atomic E-state index is 0.0797. The Kier molecular flexibility index (Phi) is 10.6. The lowest BCUT2D eigenvalue weighted by Crippen LogP contribution is -2.53. The molecular weight excluding hydrogens is 512 g/mol. The highest BCUT2D eigenvalue weighted by Gasteiger charge is 2.53. The summed E-state index contributed by atoms with van der Waals surface area (Å²) < 4.78 is 27.0. The lowest BCUT2D eigenvalue weighted by Gasteiger charge is -2.36. The number of fused-ring (bicyclic) bond motifs is 1. The summed E-state index contributed by atoms with van der Waals surface area (Å²) in [6.07, 6.45) is -0.959. The van der Waals surface area contributed by atoms with Crippen LogP contribution in [0.3, 0.4) is 0 Å². The fraction of sp³-hybridized carbons (Fsp3) is 0.607. The molecule has 2 aliphatic rings. The molecular formula is C28H38O11. The van der Waals surface area contributed by atoms with Crippen molar-refractivity contribution < 1.29 is 52.8 Å². The zero-order valence-corrected chi connectivity index (χ0v) is 23.5. The first-order valence-electron chi connectivity index (χ1n) is 12.8. The summed E-state index contributed by atoms with van der Waals surface area (Å²) in [5.41, 5.74) is -1.72. The largest absolute Gasteiger partial charge is 0.466 e. The number of rotatable bonds is 8. The van der Waals surface area contributed by atoms with Crippen molar-refractivity contribution in [2.75, 3.05) is 7.11 Å². The fourth-order valence-corrected chi connectivity index (χ4v) is 4.19. The number of hydrogen-bond acceptors (Lipinski definition) is 11. The third-order valence-corrected chi connectivity index (χ3v) is 7.04. The zero-order chi connectivity index (χ0) is 29.7. The first-order chi connectivity index (χ1) is 18.1. The molecule has 0 saturated carbocycles. The van der Waals surface area contributed by atoms with E-state index in [0.717, 1.165) is 26.5 Å². The van der Waals surface area contributed by atoms with Gasteiger partial charge in [0.1, 0.15) is 12.2 Å². The van der Waals surface area contributed by atoms with E-state index in [9.17, 15) is 29.1 Å². The Labute approximate surface area is 228 Å². The van der Waals surface area contributed by atoms with Crippen LogP contribution in [0.15, 0.2) is 35.5 Å². The van der Waals surface area contributed by atoms with E-state index >= 15 is 0 Å². The smallest absolute Gasteiger partial charge is 0.342 e. The predicted octanol–water partition coefficient (Wildman–Crippen LogP) is 2.50. The first-order valence-corrected chi connectivity index (χ1v) is 12.8. The molecule has 0 aromatic heterocycles. The molecule has 0 aromatic rings. The molecule has 7 unspecified atom stereocenters. The summed E-state index contributed by atoms with van der Waals surface area (Å²) in [7, 11) is 1.15. The molecule has 0 aromatic carbocycles.